The van der Waals surface area contributed by atoms with Crippen LogP contribution in [0.4, 0.5) is 11.4 Å². The Morgan fingerprint density at radius 2 is 1.52 bits per heavy atom. The zero-order valence-corrected chi connectivity index (χ0v) is 15.6. The number of quaternary nitrogens is 1. The number of piperidine rings is 1. The maximum Gasteiger partial charge on any atom is 0.138 e. The lowest BCUT2D eigenvalue weighted by Crippen LogP contribution is -2.52. The van der Waals surface area contributed by atoms with E-state index < -0.39 is 0 Å². The zero-order chi connectivity index (χ0) is 18.1. The van der Waals surface area contributed by atoms with E-state index in [1.54, 1.807) is 12.1 Å². The Kier molecular flexibility index (Phi) is 4.90. The SMILES string of the molecule is CC(C)(C)c1ccc([N+]2(c3ccc(O)cc3)CCCC(CO)C2)cc1. The van der Waals surface area contributed by atoms with Crippen molar-refractivity contribution in [3.63, 3.8) is 0 Å². The molecule has 0 amide bonds. The first-order valence-corrected chi connectivity index (χ1v) is 9.24. The molecule has 2 unspecified atom stereocenters. The first kappa shape index (κ1) is 18.0. The molecule has 2 aromatic rings. The number of phenols is 1. The second kappa shape index (κ2) is 6.81. The van der Waals surface area contributed by atoms with E-state index in [4.69, 9.17) is 0 Å². The van der Waals surface area contributed by atoms with E-state index in [-0.39, 0.29) is 12.0 Å². The van der Waals surface area contributed by atoms with E-state index in [0.717, 1.165) is 30.4 Å². The van der Waals surface area contributed by atoms with Gasteiger partial charge in [0.2, 0.25) is 0 Å². The van der Waals surface area contributed by atoms with E-state index in [1.807, 2.05) is 12.1 Å². The number of hydrogen-bond donors (Lipinski definition) is 2. The molecule has 3 heteroatoms. The molecule has 25 heavy (non-hydrogen) atoms. The van der Waals surface area contributed by atoms with Crippen LogP contribution in [0.5, 0.6) is 5.75 Å². The summed E-state index contributed by atoms with van der Waals surface area (Å²) in [6.45, 7) is 8.85. The van der Waals surface area contributed by atoms with Crippen molar-refractivity contribution >= 4 is 11.4 Å². The van der Waals surface area contributed by atoms with Crippen molar-refractivity contribution in [1.82, 2.24) is 4.48 Å². The molecule has 2 N–H and O–H groups in total. The van der Waals surface area contributed by atoms with Crippen LogP contribution in [0.25, 0.3) is 0 Å². The van der Waals surface area contributed by atoms with Gasteiger partial charge in [0.1, 0.15) is 17.1 Å². The number of phenolic OH excluding ortho intramolecular Hbond substituents is 1. The summed E-state index contributed by atoms with van der Waals surface area (Å²) in [6.07, 6.45) is 2.17. The molecule has 0 saturated carbocycles. The van der Waals surface area contributed by atoms with Crippen molar-refractivity contribution in [2.24, 2.45) is 5.92 Å². The number of aliphatic hydroxyl groups excluding tert-OH is 1. The highest BCUT2D eigenvalue weighted by Gasteiger charge is 2.39. The van der Waals surface area contributed by atoms with Crippen LogP contribution in [0.3, 0.4) is 0 Å². The molecule has 0 aliphatic carbocycles. The van der Waals surface area contributed by atoms with Crippen LogP contribution in [-0.2, 0) is 5.41 Å². The van der Waals surface area contributed by atoms with Gasteiger partial charge < -0.3 is 10.2 Å². The Balaban J connectivity index is 2.06. The van der Waals surface area contributed by atoms with Crippen LogP contribution in [0, 0.1) is 5.92 Å². The highest BCUT2D eigenvalue weighted by atomic mass is 16.3. The second-order valence-electron chi connectivity index (χ2n) is 8.38. The molecule has 1 aliphatic heterocycles. The number of nitrogens with zero attached hydrogens (tertiary/aromatic N) is 1. The van der Waals surface area contributed by atoms with Crippen LogP contribution in [0.15, 0.2) is 48.5 Å². The fraction of sp³-hybridized carbons (Fsp3) is 0.455. The van der Waals surface area contributed by atoms with Crippen molar-refractivity contribution in [3.8, 4) is 5.75 Å². The van der Waals surface area contributed by atoms with Crippen LogP contribution in [0.1, 0.15) is 39.2 Å². The van der Waals surface area contributed by atoms with Gasteiger partial charge in [-0.15, -0.1) is 0 Å². The number of aliphatic hydroxyl groups is 1. The number of benzene rings is 2. The lowest BCUT2D eigenvalue weighted by molar-refractivity contribution is 0.154. The second-order valence-corrected chi connectivity index (χ2v) is 8.38. The maximum absolute atomic E-state index is 9.76. The molecule has 3 nitrogen and oxygen atoms in total. The molecule has 0 radical (unpaired) electrons. The minimum absolute atomic E-state index is 0.136. The van der Waals surface area contributed by atoms with Gasteiger partial charge in [-0.25, -0.2) is 0 Å². The average Bonchev–Trinajstić information content (AvgIpc) is 2.61. The van der Waals surface area contributed by atoms with Crippen molar-refractivity contribution in [2.45, 2.75) is 39.0 Å². The van der Waals surface area contributed by atoms with E-state index in [9.17, 15) is 10.2 Å². The lowest BCUT2D eigenvalue weighted by Gasteiger charge is -2.43. The van der Waals surface area contributed by atoms with Gasteiger partial charge >= 0.3 is 0 Å². The molecule has 2 aromatic carbocycles. The molecule has 0 aromatic heterocycles. The molecular formula is C22H30NO2+. The minimum atomic E-state index is 0.136. The standard InChI is InChI=1S/C22H29NO2/c1-22(2,3)18-6-8-19(9-7-18)23(14-4-5-17(15-23)16-24)20-10-12-21(25)13-11-20/h6-13,17,24H,4-5,14-16H2,1-3H3/p+1. The normalized spacial score (nSPS) is 24.2. The highest BCUT2D eigenvalue weighted by Crippen LogP contribution is 2.41. The van der Waals surface area contributed by atoms with Crippen molar-refractivity contribution in [2.75, 3.05) is 19.7 Å². The Labute approximate surface area is 151 Å². The summed E-state index contributed by atoms with van der Waals surface area (Å²) in [6, 6.07) is 16.5. The first-order valence-electron chi connectivity index (χ1n) is 9.24. The maximum atomic E-state index is 9.76. The van der Waals surface area contributed by atoms with Gasteiger partial charge in [-0.3, -0.25) is 4.48 Å². The number of aromatic hydroxyl groups is 1. The molecule has 1 fully saturated rings. The van der Waals surface area contributed by atoms with E-state index in [1.165, 1.54) is 16.9 Å². The minimum Gasteiger partial charge on any atom is -0.508 e. The predicted molar refractivity (Wildman–Crippen MR) is 104 cm³/mol. The quantitative estimate of drug-likeness (QED) is 0.793. The third-order valence-corrected chi connectivity index (χ3v) is 5.55. The van der Waals surface area contributed by atoms with Gasteiger partial charge in [-0.05, 0) is 48.1 Å². The summed E-state index contributed by atoms with van der Waals surface area (Å²) < 4.78 is 0.746. The lowest BCUT2D eigenvalue weighted by atomic mass is 9.86. The van der Waals surface area contributed by atoms with Gasteiger partial charge in [0, 0.05) is 18.1 Å². The van der Waals surface area contributed by atoms with E-state index in [2.05, 4.69) is 45.0 Å². The van der Waals surface area contributed by atoms with Crippen molar-refractivity contribution in [1.29, 1.82) is 0 Å². The van der Waals surface area contributed by atoms with Crippen LogP contribution < -0.4 is 4.48 Å². The fourth-order valence-corrected chi connectivity index (χ4v) is 4.03. The molecule has 1 heterocycles. The summed E-state index contributed by atoms with van der Waals surface area (Å²) in [7, 11) is 0. The third-order valence-electron chi connectivity index (χ3n) is 5.55. The topological polar surface area (TPSA) is 40.5 Å². The van der Waals surface area contributed by atoms with Gasteiger partial charge in [0.05, 0.1) is 19.7 Å². The summed E-state index contributed by atoms with van der Waals surface area (Å²) in [5, 5.41) is 19.4. The summed E-state index contributed by atoms with van der Waals surface area (Å²) in [4.78, 5) is 0. The molecule has 134 valence electrons. The van der Waals surface area contributed by atoms with Gasteiger partial charge in [-0.2, -0.15) is 0 Å². The van der Waals surface area contributed by atoms with Crippen LogP contribution >= 0.6 is 0 Å². The smallest absolute Gasteiger partial charge is 0.138 e. The van der Waals surface area contributed by atoms with Crippen molar-refractivity contribution < 1.29 is 10.2 Å². The monoisotopic (exact) mass is 340 g/mol. The molecule has 1 aliphatic rings. The van der Waals surface area contributed by atoms with Gasteiger partial charge in [-0.1, -0.05) is 32.9 Å². The first-order chi connectivity index (χ1) is 11.8. The average molecular weight is 340 g/mol. The van der Waals surface area contributed by atoms with E-state index in [0.29, 0.717) is 11.7 Å². The van der Waals surface area contributed by atoms with Gasteiger partial charge in [0.15, 0.2) is 0 Å². The molecule has 2 atom stereocenters. The van der Waals surface area contributed by atoms with Crippen molar-refractivity contribution in [3.05, 3.63) is 54.1 Å². The zero-order valence-electron chi connectivity index (χ0n) is 15.6. The molecule has 3 rings (SSSR count). The van der Waals surface area contributed by atoms with Crippen LogP contribution in [-0.4, -0.2) is 29.9 Å². The fourth-order valence-electron chi connectivity index (χ4n) is 4.03. The molecular weight excluding hydrogens is 310 g/mol. The largest absolute Gasteiger partial charge is 0.508 e. The summed E-state index contributed by atoms with van der Waals surface area (Å²) in [5.74, 6) is 0.602. The summed E-state index contributed by atoms with van der Waals surface area (Å²) >= 11 is 0. The number of rotatable bonds is 3. The molecule has 1 saturated heterocycles. The Hall–Kier alpha value is -1.84. The Bertz CT molecular complexity index is 700. The van der Waals surface area contributed by atoms with Gasteiger partial charge in [0.25, 0.3) is 0 Å². The predicted octanol–water partition coefficient (Wildman–Crippen LogP) is 4.73. The molecule has 0 bridgehead atoms. The van der Waals surface area contributed by atoms with E-state index >= 15 is 0 Å². The highest BCUT2D eigenvalue weighted by molar-refractivity contribution is 5.60. The van der Waals surface area contributed by atoms with Crippen LogP contribution in [0.2, 0.25) is 0 Å². The number of hydrogen-bond acceptors (Lipinski definition) is 2. The third kappa shape index (κ3) is 3.58. The Morgan fingerprint density at radius 3 is 2.04 bits per heavy atom. The summed E-state index contributed by atoms with van der Waals surface area (Å²) in [5.41, 5.74) is 3.91. The molecule has 0 spiro atoms. The Morgan fingerprint density at radius 1 is 0.960 bits per heavy atom.